The highest BCUT2D eigenvalue weighted by atomic mass is 19.1. The molecule has 2 rings (SSSR count). The van der Waals surface area contributed by atoms with Crippen LogP contribution in [0.2, 0.25) is 0 Å². The first-order valence-electron chi connectivity index (χ1n) is 7.65. The highest BCUT2D eigenvalue weighted by molar-refractivity contribution is 6.01. The van der Waals surface area contributed by atoms with Crippen LogP contribution in [0.1, 0.15) is 25.3 Å². The maximum Gasteiger partial charge on any atom is 0.248 e. The third-order valence-corrected chi connectivity index (χ3v) is 3.17. The van der Waals surface area contributed by atoms with E-state index in [1.165, 1.54) is 18.2 Å². The van der Waals surface area contributed by atoms with E-state index in [-0.39, 0.29) is 11.7 Å². The lowest BCUT2D eigenvalue weighted by Crippen LogP contribution is -2.07. The third-order valence-electron chi connectivity index (χ3n) is 3.17. The van der Waals surface area contributed by atoms with Crippen LogP contribution in [0.5, 0.6) is 5.75 Å². The van der Waals surface area contributed by atoms with Crippen LogP contribution in [0.3, 0.4) is 0 Å². The molecule has 0 aliphatic rings. The summed E-state index contributed by atoms with van der Waals surface area (Å²) in [5.41, 5.74) is 1.32. The number of benzene rings is 2. The Hall–Kier alpha value is -2.62. The largest absolute Gasteiger partial charge is 0.494 e. The zero-order valence-corrected chi connectivity index (χ0v) is 13.1. The molecule has 0 bridgehead atoms. The molecule has 0 spiro atoms. The minimum Gasteiger partial charge on any atom is -0.494 e. The van der Waals surface area contributed by atoms with Gasteiger partial charge in [-0.2, -0.15) is 0 Å². The lowest BCUT2D eigenvalue weighted by Gasteiger charge is -2.05. The molecule has 1 amide bonds. The second kappa shape index (κ2) is 8.73. The number of unbranched alkanes of at least 4 members (excludes halogenated alkanes) is 1. The fourth-order valence-corrected chi connectivity index (χ4v) is 1.93. The maximum atomic E-state index is 13.0. The lowest BCUT2D eigenvalue weighted by atomic mass is 10.2. The van der Waals surface area contributed by atoms with Crippen molar-refractivity contribution < 1.29 is 13.9 Å². The van der Waals surface area contributed by atoms with Gasteiger partial charge in [-0.25, -0.2) is 4.39 Å². The monoisotopic (exact) mass is 313 g/mol. The van der Waals surface area contributed by atoms with Gasteiger partial charge >= 0.3 is 0 Å². The van der Waals surface area contributed by atoms with E-state index in [4.69, 9.17) is 4.74 Å². The molecule has 0 saturated heterocycles. The van der Waals surface area contributed by atoms with Gasteiger partial charge in [0.1, 0.15) is 11.6 Å². The second-order valence-corrected chi connectivity index (χ2v) is 5.10. The summed E-state index contributed by atoms with van der Waals surface area (Å²) < 4.78 is 18.6. The standard InChI is InChI=1S/C19H20FNO2/c1-2-3-13-23-18-10-7-15(8-11-18)9-12-19(22)21-17-6-4-5-16(20)14-17/h4-12,14H,2-3,13H2,1H3,(H,21,22). The van der Waals surface area contributed by atoms with Crippen LogP contribution in [0.25, 0.3) is 6.08 Å². The van der Waals surface area contributed by atoms with Crippen LogP contribution < -0.4 is 10.1 Å². The summed E-state index contributed by atoms with van der Waals surface area (Å²) in [6, 6.07) is 13.3. The van der Waals surface area contributed by atoms with E-state index in [0.717, 1.165) is 24.2 Å². The zero-order chi connectivity index (χ0) is 16.5. The fourth-order valence-electron chi connectivity index (χ4n) is 1.93. The molecular formula is C19H20FNO2. The first kappa shape index (κ1) is 16.7. The van der Waals surface area contributed by atoms with Gasteiger partial charge in [0, 0.05) is 11.8 Å². The number of ether oxygens (including phenoxy) is 1. The van der Waals surface area contributed by atoms with Gasteiger partial charge in [-0.1, -0.05) is 31.5 Å². The Labute approximate surface area is 135 Å². The highest BCUT2D eigenvalue weighted by Crippen LogP contribution is 2.14. The van der Waals surface area contributed by atoms with Crippen molar-refractivity contribution in [3.63, 3.8) is 0 Å². The normalized spacial score (nSPS) is 10.7. The number of nitrogens with one attached hydrogen (secondary N) is 1. The maximum absolute atomic E-state index is 13.0. The highest BCUT2D eigenvalue weighted by Gasteiger charge is 1.99. The molecule has 120 valence electrons. The molecule has 0 heterocycles. The van der Waals surface area contributed by atoms with Crippen LogP contribution in [0.4, 0.5) is 10.1 Å². The Morgan fingerprint density at radius 3 is 2.70 bits per heavy atom. The van der Waals surface area contributed by atoms with Gasteiger partial charge in [0.05, 0.1) is 6.61 Å². The van der Waals surface area contributed by atoms with Crippen molar-refractivity contribution >= 4 is 17.7 Å². The van der Waals surface area contributed by atoms with Gasteiger partial charge < -0.3 is 10.1 Å². The average molecular weight is 313 g/mol. The number of anilines is 1. The Kier molecular flexibility index (Phi) is 6.36. The van der Waals surface area contributed by atoms with Crippen LogP contribution in [-0.2, 0) is 4.79 Å². The number of carbonyl (C=O) groups excluding carboxylic acids is 1. The number of amides is 1. The number of carbonyl (C=O) groups is 1. The van der Waals surface area contributed by atoms with Gasteiger partial charge in [-0.05, 0) is 48.4 Å². The molecule has 0 aliphatic carbocycles. The molecule has 3 nitrogen and oxygen atoms in total. The van der Waals surface area contributed by atoms with Gasteiger partial charge in [-0.3, -0.25) is 4.79 Å². The predicted molar refractivity (Wildman–Crippen MR) is 90.9 cm³/mol. The molecule has 0 unspecified atom stereocenters. The molecule has 2 aromatic carbocycles. The predicted octanol–water partition coefficient (Wildman–Crippen LogP) is 4.66. The number of hydrogen-bond donors (Lipinski definition) is 1. The molecule has 0 fully saturated rings. The molecule has 1 N–H and O–H groups in total. The van der Waals surface area contributed by atoms with Crippen molar-refractivity contribution in [1.82, 2.24) is 0 Å². The summed E-state index contributed by atoms with van der Waals surface area (Å²) in [5.74, 6) is 0.129. The molecule has 0 aliphatic heterocycles. The van der Waals surface area contributed by atoms with Crippen LogP contribution in [0.15, 0.2) is 54.6 Å². The van der Waals surface area contributed by atoms with Crippen molar-refractivity contribution in [2.24, 2.45) is 0 Å². The van der Waals surface area contributed by atoms with Crippen molar-refractivity contribution in [2.45, 2.75) is 19.8 Å². The Morgan fingerprint density at radius 1 is 1.22 bits per heavy atom. The Bertz CT molecular complexity index is 665. The zero-order valence-electron chi connectivity index (χ0n) is 13.1. The smallest absolute Gasteiger partial charge is 0.248 e. The number of halogens is 1. The van der Waals surface area contributed by atoms with E-state index >= 15 is 0 Å². The van der Waals surface area contributed by atoms with E-state index in [1.54, 1.807) is 18.2 Å². The lowest BCUT2D eigenvalue weighted by molar-refractivity contribution is -0.111. The number of rotatable bonds is 7. The quantitative estimate of drug-likeness (QED) is 0.596. The minimum absolute atomic E-state index is 0.307. The molecular weight excluding hydrogens is 293 g/mol. The summed E-state index contributed by atoms with van der Waals surface area (Å²) in [7, 11) is 0. The topological polar surface area (TPSA) is 38.3 Å². The van der Waals surface area contributed by atoms with E-state index in [1.807, 2.05) is 24.3 Å². The van der Waals surface area contributed by atoms with Crippen LogP contribution >= 0.6 is 0 Å². The summed E-state index contributed by atoms with van der Waals surface area (Å²) >= 11 is 0. The minimum atomic E-state index is -0.384. The molecule has 0 atom stereocenters. The molecule has 23 heavy (non-hydrogen) atoms. The molecule has 0 aromatic heterocycles. The van der Waals surface area contributed by atoms with E-state index in [0.29, 0.717) is 12.3 Å². The van der Waals surface area contributed by atoms with Gasteiger partial charge in [0.15, 0.2) is 0 Å². The van der Waals surface area contributed by atoms with Crippen molar-refractivity contribution in [3.8, 4) is 5.75 Å². The number of hydrogen-bond acceptors (Lipinski definition) is 2. The molecule has 4 heteroatoms. The summed E-state index contributed by atoms with van der Waals surface area (Å²) in [6.45, 7) is 2.83. The van der Waals surface area contributed by atoms with Crippen molar-refractivity contribution in [3.05, 3.63) is 66.0 Å². The third kappa shape index (κ3) is 5.94. The van der Waals surface area contributed by atoms with E-state index in [9.17, 15) is 9.18 Å². The summed E-state index contributed by atoms with van der Waals surface area (Å²) in [6.07, 6.45) is 5.24. The van der Waals surface area contributed by atoms with Crippen LogP contribution in [-0.4, -0.2) is 12.5 Å². The van der Waals surface area contributed by atoms with Crippen molar-refractivity contribution in [2.75, 3.05) is 11.9 Å². The van der Waals surface area contributed by atoms with Gasteiger partial charge in [0.25, 0.3) is 0 Å². The second-order valence-electron chi connectivity index (χ2n) is 5.10. The molecule has 0 saturated carbocycles. The SMILES string of the molecule is CCCCOc1ccc(C=CC(=O)Nc2cccc(F)c2)cc1. The average Bonchev–Trinajstić information content (AvgIpc) is 2.54. The molecule has 0 radical (unpaired) electrons. The van der Waals surface area contributed by atoms with E-state index in [2.05, 4.69) is 12.2 Å². The summed E-state index contributed by atoms with van der Waals surface area (Å²) in [4.78, 5) is 11.8. The van der Waals surface area contributed by atoms with Gasteiger partial charge in [-0.15, -0.1) is 0 Å². The summed E-state index contributed by atoms with van der Waals surface area (Å²) in [5, 5.41) is 2.61. The first-order valence-corrected chi connectivity index (χ1v) is 7.65. The van der Waals surface area contributed by atoms with E-state index < -0.39 is 0 Å². The Balaban J connectivity index is 1.88. The van der Waals surface area contributed by atoms with Gasteiger partial charge in [0.2, 0.25) is 5.91 Å². The fraction of sp³-hybridized carbons (Fsp3) is 0.211. The molecule has 2 aromatic rings. The van der Waals surface area contributed by atoms with Crippen molar-refractivity contribution in [1.29, 1.82) is 0 Å². The van der Waals surface area contributed by atoms with Crippen LogP contribution in [0, 0.1) is 5.82 Å². The first-order chi connectivity index (χ1) is 11.2. The Morgan fingerprint density at radius 2 is 2.00 bits per heavy atom.